The van der Waals surface area contributed by atoms with Gasteiger partial charge in [0, 0.05) is 13.7 Å². The molecule has 10 heavy (non-hydrogen) atoms. The van der Waals surface area contributed by atoms with Crippen LogP contribution in [0, 0.1) is 0 Å². The van der Waals surface area contributed by atoms with Gasteiger partial charge in [0.25, 0.3) is 0 Å². The lowest BCUT2D eigenvalue weighted by Crippen LogP contribution is -2.46. The van der Waals surface area contributed by atoms with Gasteiger partial charge >= 0.3 is 0 Å². The molecular formula is C8H17NO. The Balaban J connectivity index is 2.44. The first-order valence-electron chi connectivity index (χ1n) is 4.09. The Morgan fingerprint density at radius 3 is 2.70 bits per heavy atom. The molecule has 1 saturated heterocycles. The summed E-state index contributed by atoms with van der Waals surface area (Å²) in [5.41, 5.74) is 0.151. The molecule has 1 heterocycles. The lowest BCUT2D eigenvalue weighted by atomic mass is 9.91. The highest BCUT2D eigenvalue weighted by atomic mass is 16.5. The molecule has 0 saturated carbocycles. The minimum atomic E-state index is 0.151. The number of hydrogen-bond acceptors (Lipinski definition) is 2. The molecule has 0 aromatic rings. The van der Waals surface area contributed by atoms with Crippen LogP contribution in [-0.4, -0.2) is 25.8 Å². The van der Waals surface area contributed by atoms with E-state index in [1.807, 2.05) is 7.11 Å². The Kier molecular flexibility index (Phi) is 2.69. The first-order chi connectivity index (χ1) is 4.83. The summed E-state index contributed by atoms with van der Waals surface area (Å²) in [4.78, 5) is 0. The van der Waals surface area contributed by atoms with E-state index in [4.69, 9.17) is 4.74 Å². The average Bonchev–Trinajstić information content (AvgIpc) is 2.06. The highest BCUT2D eigenvalue weighted by Gasteiger charge is 2.29. The number of hydrogen-bond donors (Lipinski definition) is 1. The molecule has 0 amide bonds. The normalized spacial score (nSPS) is 34.2. The highest BCUT2D eigenvalue weighted by Crippen LogP contribution is 2.22. The summed E-state index contributed by atoms with van der Waals surface area (Å²) in [7, 11) is 1.82. The van der Waals surface area contributed by atoms with Gasteiger partial charge in [0.15, 0.2) is 0 Å². The molecule has 60 valence electrons. The van der Waals surface area contributed by atoms with Crippen LogP contribution < -0.4 is 5.32 Å². The molecule has 1 atom stereocenters. The van der Waals surface area contributed by atoms with Crippen molar-refractivity contribution < 1.29 is 4.74 Å². The predicted molar refractivity (Wildman–Crippen MR) is 42.1 cm³/mol. The fraction of sp³-hybridized carbons (Fsp3) is 1.00. The number of ether oxygens (including phenoxy) is 1. The maximum absolute atomic E-state index is 5.47. The maximum Gasteiger partial charge on any atom is 0.0800 e. The third-order valence-corrected chi connectivity index (χ3v) is 2.51. The molecule has 0 aromatic heterocycles. The number of methoxy groups -OCH3 is 1. The average molecular weight is 143 g/mol. The molecule has 0 aromatic carbocycles. The summed E-state index contributed by atoms with van der Waals surface area (Å²) >= 11 is 0. The molecule has 0 bridgehead atoms. The second-order valence-corrected chi connectivity index (χ2v) is 3.02. The Morgan fingerprint density at radius 2 is 2.40 bits per heavy atom. The zero-order chi connectivity index (χ0) is 7.45. The van der Waals surface area contributed by atoms with Crippen molar-refractivity contribution in [3.63, 3.8) is 0 Å². The molecule has 1 rings (SSSR count). The lowest BCUT2D eigenvalue weighted by molar-refractivity contribution is -0.0310. The molecule has 2 nitrogen and oxygen atoms in total. The fourth-order valence-corrected chi connectivity index (χ4v) is 1.56. The van der Waals surface area contributed by atoms with E-state index in [0.717, 1.165) is 19.5 Å². The summed E-state index contributed by atoms with van der Waals surface area (Å²) in [6.45, 7) is 4.38. The summed E-state index contributed by atoms with van der Waals surface area (Å²) in [6, 6.07) is 0. The molecule has 0 radical (unpaired) electrons. The summed E-state index contributed by atoms with van der Waals surface area (Å²) < 4.78 is 5.47. The Morgan fingerprint density at radius 1 is 1.60 bits per heavy atom. The molecule has 1 aliphatic heterocycles. The number of piperidine rings is 1. The van der Waals surface area contributed by atoms with Gasteiger partial charge < -0.3 is 10.1 Å². The van der Waals surface area contributed by atoms with Gasteiger partial charge in [-0.1, -0.05) is 6.92 Å². The van der Waals surface area contributed by atoms with Crippen LogP contribution in [0.1, 0.15) is 26.2 Å². The predicted octanol–water partition coefficient (Wildman–Crippen LogP) is 1.17. The Bertz CT molecular complexity index is 91.4. The lowest BCUT2D eigenvalue weighted by Gasteiger charge is -2.35. The van der Waals surface area contributed by atoms with Crippen molar-refractivity contribution in [3.8, 4) is 0 Å². The van der Waals surface area contributed by atoms with Crippen molar-refractivity contribution in [1.29, 1.82) is 0 Å². The first kappa shape index (κ1) is 8.02. The van der Waals surface area contributed by atoms with E-state index in [1.54, 1.807) is 0 Å². The molecule has 0 spiro atoms. The van der Waals surface area contributed by atoms with E-state index in [-0.39, 0.29) is 5.60 Å². The second-order valence-electron chi connectivity index (χ2n) is 3.02. The number of rotatable bonds is 2. The minimum Gasteiger partial charge on any atom is -0.377 e. The monoisotopic (exact) mass is 143 g/mol. The molecule has 1 aliphatic rings. The van der Waals surface area contributed by atoms with Gasteiger partial charge in [-0.25, -0.2) is 0 Å². The van der Waals surface area contributed by atoms with Crippen molar-refractivity contribution in [3.05, 3.63) is 0 Å². The van der Waals surface area contributed by atoms with Crippen LogP contribution in [0.15, 0.2) is 0 Å². The van der Waals surface area contributed by atoms with Crippen molar-refractivity contribution in [2.24, 2.45) is 0 Å². The minimum absolute atomic E-state index is 0.151. The van der Waals surface area contributed by atoms with E-state index in [0.29, 0.717) is 0 Å². The third-order valence-electron chi connectivity index (χ3n) is 2.51. The van der Waals surface area contributed by atoms with Gasteiger partial charge in [0.1, 0.15) is 0 Å². The molecular weight excluding hydrogens is 126 g/mol. The van der Waals surface area contributed by atoms with Gasteiger partial charge in [-0.3, -0.25) is 0 Å². The third kappa shape index (κ3) is 1.50. The van der Waals surface area contributed by atoms with Crippen LogP contribution in [0.25, 0.3) is 0 Å². The molecule has 1 unspecified atom stereocenters. The van der Waals surface area contributed by atoms with Crippen LogP contribution in [-0.2, 0) is 4.74 Å². The largest absolute Gasteiger partial charge is 0.377 e. The summed E-state index contributed by atoms with van der Waals surface area (Å²) in [6.07, 6.45) is 3.59. The van der Waals surface area contributed by atoms with Gasteiger partial charge in [-0.2, -0.15) is 0 Å². The van der Waals surface area contributed by atoms with Crippen LogP contribution in [0.4, 0.5) is 0 Å². The van der Waals surface area contributed by atoms with E-state index in [1.165, 1.54) is 12.8 Å². The van der Waals surface area contributed by atoms with Crippen LogP contribution in [0.3, 0.4) is 0 Å². The second kappa shape index (κ2) is 3.35. The van der Waals surface area contributed by atoms with Crippen LogP contribution >= 0.6 is 0 Å². The van der Waals surface area contributed by atoms with Gasteiger partial charge in [0.2, 0.25) is 0 Å². The fourth-order valence-electron chi connectivity index (χ4n) is 1.56. The van der Waals surface area contributed by atoms with Crippen LogP contribution in [0.5, 0.6) is 0 Å². The Hall–Kier alpha value is -0.0800. The highest BCUT2D eigenvalue weighted by molar-refractivity contribution is 4.85. The summed E-state index contributed by atoms with van der Waals surface area (Å²) in [5, 5.41) is 3.35. The van der Waals surface area contributed by atoms with E-state index >= 15 is 0 Å². The van der Waals surface area contributed by atoms with Crippen molar-refractivity contribution in [2.75, 3.05) is 20.2 Å². The number of nitrogens with one attached hydrogen (secondary N) is 1. The van der Waals surface area contributed by atoms with Gasteiger partial charge in [-0.05, 0) is 25.8 Å². The molecule has 0 aliphatic carbocycles. The smallest absolute Gasteiger partial charge is 0.0800 e. The van der Waals surface area contributed by atoms with Crippen molar-refractivity contribution in [2.45, 2.75) is 31.8 Å². The Labute approximate surface area is 63.0 Å². The standard InChI is InChI=1S/C8H17NO/c1-3-8(10-2)5-4-6-9-7-8/h9H,3-7H2,1-2H3. The molecule has 1 fully saturated rings. The van der Waals surface area contributed by atoms with E-state index in [2.05, 4.69) is 12.2 Å². The molecule has 1 N–H and O–H groups in total. The maximum atomic E-state index is 5.47. The quantitative estimate of drug-likeness (QED) is 0.626. The summed E-state index contributed by atoms with van der Waals surface area (Å²) in [5.74, 6) is 0. The van der Waals surface area contributed by atoms with E-state index < -0.39 is 0 Å². The first-order valence-corrected chi connectivity index (χ1v) is 4.09. The topological polar surface area (TPSA) is 21.3 Å². The van der Waals surface area contributed by atoms with E-state index in [9.17, 15) is 0 Å². The van der Waals surface area contributed by atoms with Gasteiger partial charge in [-0.15, -0.1) is 0 Å². The zero-order valence-electron chi connectivity index (χ0n) is 6.94. The molecule has 2 heteroatoms. The zero-order valence-corrected chi connectivity index (χ0v) is 6.94. The SMILES string of the molecule is CCC1(OC)CCCNC1. The van der Waals surface area contributed by atoms with Crippen LogP contribution in [0.2, 0.25) is 0 Å². The van der Waals surface area contributed by atoms with Gasteiger partial charge in [0.05, 0.1) is 5.60 Å². The van der Waals surface area contributed by atoms with Crippen molar-refractivity contribution in [1.82, 2.24) is 5.32 Å². The van der Waals surface area contributed by atoms with Crippen molar-refractivity contribution >= 4 is 0 Å².